The second-order valence-corrected chi connectivity index (χ2v) is 7.28. The van der Waals surface area contributed by atoms with Crippen LogP contribution in [0.15, 0.2) is 51.8 Å². The summed E-state index contributed by atoms with van der Waals surface area (Å²) in [5.41, 5.74) is 1.97. The number of ether oxygens (including phenoxy) is 1. The quantitative estimate of drug-likeness (QED) is 0.712. The molecule has 0 aliphatic heterocycles. The van der Waals surface area contributed by atoms with Gasteiger partial charge in [-0.3, -0.25) is 4.18 Å². The lowest BCUT2D eigenvalue weighted by atomic mass is 10.1. The third kappa shape index (κ3) is 4.32. The zero-order chi connectivity index (χ0) is 16.2. The maximum Gasteiger partial charge on any atom is 0.296 e. The molecule has 2 rings (SSSR count). The van der Waals surface area contributed by atoms with Crippen molar-refractivity contribution in [2.75, 3.05) is 13.7 Å². The molecule has 0 amide bonds. The Morgan fingerprint density at radius 2 is 1.77 bits per heavy atom. The van der Waals surface area contributed by atoms with E-state index in [-0.39, 0.29) is 11.5 Å². The molecule has 2 aromatic rings. The first-order valence-electron chi connectivity index (χ1n) is 6.71. The molecular weight excluding hydrogens is 368 g/mol. The smallest absolute Gasteiger partial charge is 0.296 e. The van der Waals surface area contributed by atoms with Crippen LogP contribution in [-0.4, -0.2) is 22.1 Å². The predicted molar refractivity (Wildman–Crippen MR) is 88.7 cm³/mol. The van der Waals surface area contributed by atoms with E-state index in [0.717, 1.165) is 21.3 Å². The Bertz CT molecular complexity index is 739. The van der Waals surface area contributed by atoms with E-state index >= 15 is 0 Å². The molecule has 2 aromatic carbocycles. The topological polar surface area (TPSA) is 52.6 Å². The van der Waals surface area contributed by atoms with E-state index in [1.54, 1.807) is 31.4 Å². The van der Waals surface area contributed by atoms with Crippen molar-refractivity contribution in [2.45, 2.75) is 18.2 Å². The molecule has 0 unspecified atom stereocenters. The molecule has 6 heteroatoms. The Labute approximate surface area is 139 Å². The Kier molecular flexibility index (Phi) is 5.61. The Morgan fingerprint density at radius 3 is 2.36 bits per heavy atom. The maximum absolute atomic E-state index is 12.0. The van der Waals surface area contributed by atoms with Gasteiger partial charge in [-0.25, -0.2) is 0 Å². The molecule has 0 heterocycles. The van der Waals surface area contributed by atoms with Gasteiger partial charge in [0, 0.05) is 0 Å². The summed E-state index contributed by atoms with van der Waals surface area (Å²) in [6, 6.07) is 12.2. The molecule has 0 bridgehead atoms. The number of hydrogen-bond acceptors (Lipinski definition) is 4. The van der Waals surface area contributed by atoms with Crippen LogP contribution in [0.5, 0.6) is 5.75 Å². The molecule has 4 nitrogen and oxygen atoms in total. The number of benzene rings is 2. The van der Waals surface area contributed by atoms with Crippen LogP contribution >= 0.6 is 15.9 Å². The standard InChI is InChI=1S/C16H17BrO4S/c1-12-3-6-14(7-4-12)22(18,19)21-10-9-13-5-8-16(20-2)15(17)11-13/h3-8,11H,9-10H2,1-2H3. The molecule has 0 saturated carbocycles. The van der Waals surface area contributed by atoms with E-state index in [1.807, 2.05) is 25.1 Å². The predicted octanol–water partition coefficient (Wildman–Crippen LogP) is 3.71. The number of aryl methyl sites for hydroxylation is 1. The second kappa shape index (κ2) is 7.26. The van der Waals surface area contributed by atoms with Crippen molar-refractivity contribution < 1.29 is 17.3 Å². The number of hydrogen-bond donors (Lipinski definition) is 0. The monoisotopic (exact) mass is 384 g/mol. The van der Waals surface area contributed by atoms with Gasteiger partial charge in [-0.1, -0.05) is 23.8 Å². The van der Waals surface area contributed by atoms with Crippen molar-refractivity contribution in [3.63, 3.8) is 0 Å². The molecule has 0 aliphatic carbocycles. The molecule has 0 aliphatic rings. The molecule has 0 atom stereocenters. The van der Waals surface area contributed by atoms with Crippen LogP contribution in [0.4, 0.5) is 0 Å². The van der Waals surface area contributed by atoms with Gasteiger partial charge >= 0.3 is 0 Å². The van der Waals surface area contributed by atoms with Crippen LogP contribution in [0.25, 0.3) is 0 Å². The summed E-state index contributed by atoms with van der Waals surface area (Å²) in [4.78, 5) is 0.175. The highest BCUT2D eigenvalue weighted by Gasteiger charge is 2.14. The second-order valence-electron chi connectivity index (χ2n) is 4.81. The summed E-state index contributed by atoms with van der Waals surface area (Å²) in [6.45, 7) is 1.99. The van der Waals surface area contributed by atoms with Crippen molar-refractivity contribution in [3.8, 4) is 5.75 Å². The minimum Gasteiger partial charge on any atom is -0.496 e. The molecule has 118 valence electrons. The minimum atomic E-state index is -3.71. The third-order valence-electron chi connectivity index (χ3n) is 3.16. The average molecular weight is 385 g/mol. The molecule has 0 fully saturated rings. The van der Waals surface area contributed by atoms with Gasteiger partial charge in [0.05, 0.1) is 23.1 Å². The van der Waals surface area contributed by atoms with Gasteiger partial charge in [-0.15, -0.1) is 0 Å². The van der Waals surface area contributed by atoms with Gasteiger partial charge in [-0.2, -0.15) is 8.42 Å². The summed E-state index contributed by atoms with van der Waals surface area (Å²) in [6.07, 6.45) is 0.494. The van der Waals surface area contributed by atoms with Crippen LogP contribution in [0, 0.1) is 6.92 Å². The van der Waals surface area contributed by atoms with Gasteiger partial charge in [0.2, 0.25) is 0 Å². The Morgan fingerprint density at radius 1 is 1.09 bits per heavy atom. The maximum atomic E-state index is 12.0. The van der Waals surface area contributed by atoms with Crippen LogP contribution in [-0.2, 0) is 20.7 Å². The van der Waals surface area contributed by atoms with Gasteiger partial charge in [-0.05, 0) is 59.1 Å². The first-order valence-corrected chi connectivity index (χ1v) is 8.91. The SMILES string of the molecule is COc1ccc(CCOS(=O)(=O)c2ccc(C)cc2)cc1Br. The highest BCUT2D eigenvalue weighted by Crippen LogP contribution is 2.25. The number of rotatable bonds is 6. The van der Waals surface area contributed by atoms with E-state index in [4.69, 9.17) is 8.92 Å². The van der Waals surface area contributed by atoms with Crippen LogP contribution in [0.1, 0.15) is 11.1 Å². The van der Waals surface area contributed by atoms with Crippen LogP contribution < -0.4 is 4.74 Å². The first kappa shape index (κ1) is 17.0. The van der Waals surface area contributed by atoms with Crippen molar-refractivity contribution in [2.24, 2.45) is 0 Å². The Hall–Kier alpha value is -1.37. The van der Waals surface area contributed by atoms with Gasteiger partial charge in [0.15, 0.2) is 0 Å². The molecule has 22 heavy (non-hydrogen) atoms. The molecule has 0 radical (unpaired) electrons. The van der Waals surface area contributed by atoms with Gasteiger partial charge in [0.1, 0.15) is 5.75 Å². The lowest BCUT2D eigenvalue weighted by molar-refractivity contribution is 0.322. The highest BCUT2D eigenvalue weighted by molar-refractivity contribution is 9.10. The summed E-state index contributed by atoms with van der Waals surface area (Å²) < 4.78 is 35.2. The average Bonchev–Trinajstić information content (AvgIpc) is 2.48. The van der Waals surface area contributed by atoms with Crippen LogP contribution in [0.2, 0.25) is 0 Å². The van der Waals surface area contributed by atoms with Crippen molar-refractivity contribution in [1.29, 1.82) is 0 Å². The first-order chi connectivity index (χ1) is 10.4. The largest absolute Gasteiger partial charge is 0.496 e. The van der Waals surface area contributed by atoms with E-state index in [1.165, 1.54) is 0 Å². The summed E-state index contributed by atoms with van der Waals surface area (Å²) in [5, 5.41) is 0. The fourth-order valence-electron chi connectivity index (χ4n) is 1.91. The highest BCUT2D eigenvalue weighted by atomic mass is 79.9. The van der Waals surface area contributed by atoms with Gasteiger partial charge < -0.3 is 4.74 Å². The lowest BCUT2D eigenvalue weighted by Crippen LogP contribution is -2.09. The zero-order valence-corrected chi connectivity index (χ0v) is 14.8. The number of methoxy groups -OCH3 is 1. The van der Waals surface area contributed by atoms with Gasteiger partial charge in [0.25, 0.3) is 10.1 Å². The van der Waals surface area contributed by atoms with Crippen molar-refractivity contribution in [1.82, 2.24) is 0 Å². The summed E-state index contributed by atoms with van der Waals surface area (Å²) >= 11 is 3.40. The van der Waals surface area contributed by atoms with Crippen molar-refractivity contribution in [3.05, 3.63) is 58.1 Å². The molecule has 0 N–H and O–H groups in total. The minimum absolute atomic E-state index is 0.0922. The van der Waals surface area contributed by atoms with E-state index in [2.05, 4.69) is 15.9 Å². The Balaban J connectivity index is 1.98. The molecule has 0 spiro atoms. The van der Waals surface area contributed by atoms with Crippen LogP contribution in [0.3, 0.4) is 0 Å². The third-order valence-corrected chi connectivity index (χ3v) is 5.10. The van der Waals surface area contributed by atoms with E-state index in [0.29, 0.717) is 6.42 Å². The molecule has 0 saturated heterocycles. The number of halogens is 1. The fourth-order valence-corrected chi connectivity index (χ4v) is 3.40. The van der Waals surface area contributed by atoms with E-state index < -0.39 is 10.1 Å². The lowest BCUT2D eigenvalue weighted by Gasteiger charge is -2.08. The summed E-state index contributed by atoms with van der Waals surface area (Å²) in [7, 11) is -2.11. The summed E-state index contributed by atoms with van der Waals surface area (Å²) in [5.74, 6) is 0.733. The molecular formula is C16H17BrO4S. The van der Waals surface area contributed by atoms with Crippen molar-refractivity contribution >= 4 is 26.0 Å². The fraction of sp³-hybridized carbons (Fsp3) is 0.250. The normalized spacial score (nSPS) is 11.4. The van der Waals surface area contributed by atoms with E-state index in [9.17, 15) is 8.42 Å². The zero-order valence-electron chi connectivity index (χ0n) is 12.4. The molecule has 0 aromatic heterocycles.